The van der Waals surface area contributed by atoms with Crippen LogP contribution in [-0.4, -0.2) is 85.5 Å². The zero-order valence-corrected chi connectivity index (χ0v) is 18.3. The molecule has 11 heteroatoms. The number of carbonyl (C=O) groups is 2. The molecule has 3 aliphatic rings. The van der Waals surface area contributed by atoms with Crippen molar-refractivity contribution < 1.29 is 32.2 Å². The van der Waals surface area contributed by atoms with Gasteiger partial charge in [0.1, 0.15) is 5.75 Å². The molecule has 2 amide bonds. The number of halogens is 3. The Bertz CT molecular complexity index is 830. The van der Waals surface area contributed by atoms with Crippen LogP contribution in [0.4, 0.5) is 13.2 Å². The summed E-state index contributed by atoms with van der Waals surface area (Å²) in [7, 11) is 0. The molecule has 0 aliphatic carbocycles. The molecule has 3 fully saturated rings. The lowest BCUT2D eigenvalue weighted by Crippen LogP contribution is -2.58. The average molecular weight is 470 g/mol. The van der Waals surface area contributed by atoms with Crippen molar-refractivity contribution in [3.05, 3.63) is 29.8 Å². The number of amides is 2. The molecule has 3 saturated heterocycles. The SMILES string of the molecule is O=C1NC[C@@H](CCC(=O)N2CCOCC2)N2C[C@@H](NCc3ccc(OC(F)(F)F)cc3)C[C@@H]12. The molecule has 0 saturated carbocycles. The van der Waals surface area contributed by atoms with E-state index in [0.717, 1.165) is 5.56 Å². The van der Waals surface area contributed by atoms with E-state index in [1.165, 1.54) is 12.1 Å². The molecule has 3 aliphatic heterocycles. The van der Waals surface area contributed by atoms with E-state index in [9.17, 15) is 22.8 Å². The second-order valence-corrected chi connectivity index (χ2v) is 8.65. The molecular weight excluding hydrogens is 441 g/mol. The van der Waals surface area contributed by atoms with Gasteiger partial charge in [0, 0.05) is 51.2 Å². The first kappa shape index (κ1) is 23.8. The lowest BCUT2D eigenvalue weighted by atomic mass is 10.0. The monoisotopic (exact) mass is 470 g/mol. The zero-order chi connectivity index (χ0) is 23.4. The fraction of sp³-hybridized carbons (Fsp3) is 0.636. The van der Waals surface area contributed by atoms with Crippen molar-refractivity contribution in [3.63, 3.8) is 0 Å². The molecule has 3 heterocycles. The molecule has 8 nitrogen and oxygen atoms in total. The molecule has 33 heavy (non-hydrogen) atoms. The van der Waals surface area contributed by atoms with Crippen molar-refractivity contribution in [1.29, 1.82) is 0 Å². The van der Waals surface area contributed by atoms with E-state index < -0.39 is 6.36 Å². The summed E-state index contributed by atoms with van der Waals surface area (Å²) in [5.74, 6) is -0.127. The van der Waals surface area contributed by atoms with Crippen LogP contribution in [0.15, 0.2) is 24.3 Å². The number of rotatable bonds is 7. The molecule has 0 unspecified atom stereocenters. The van der Waals surface area contributed by atoms with E-state index in [1.54, 1.807) is 12.1 Å². The van der Waals surface area contributed by atoms with Crippen LogP contribution in [0.1, 0.15) is 24.8 Å². The predicted molar refractivity (Wildman–Crippen MR) is 112 cm³/mol. The third-order valence-electron chi connectivity index (χ3n) is 6.43. The van der Waals surface area contributed by atoms with Gasteiger partial charge in [-0.25, -0.2) is 0 Å². The molecule has 3 atom stereocenters. The van der Waals surface area contributed by atoms with E-state index >= 15 is 0 Å². The second-order valence-electron chi connectivity index (χ2n) is 8.65. The topological polar surface area (TPSA) is 83.1 Å². The highest BCUT2D eigenvalue weighted by molar-refractivity contribution is 5.83. The van der Waals surface area contributed by atoms with Crippen molar-refractivity contribution in [3.8, 4) is 5.75 Å². The van der Waals surface area contributed by atoms with E-state index in [4.69, 9.17) is 4.74 Å². The smallest absolute Gasteiger partial charge is 0.406 e. The number of nitrogens with zero attached hydrogens (tertiary/aromatic N) is 2. The molecule has 1 aromatic carbocycles. The second kappa shape index (κ2) is 10.3. The molecule has 182 valence electrons. The summed E-state index contributed by atoms with van der Waals surface area (Å²) in [6, 6.07) is 5.69. The Morgan fingerprint density at radius 2 is 1.94 bits per heavy atom. The number of nitrogens with one attached hydrogen (secondary N) is 2. The largest absolute Gasteiger partial charge is 0.573 e. The summed E-state index contributed by atoms with van der Waals surface area (Å²) in [5, 5.41) is 6.37. The number of benzene rings is 1. The standard InChI is InChI=1S/C22H29F3N4O4/c23-22(24,25)33-18-4-1-15(2-5-18)12-26-16-11-19-21(31)27-13-17(29(19)14-16)3-6-20(30)28-7-9-32-10-8-28/h1-2,4-5,16-17,19,26H,3,6-14H2,(H,27,31)/t16-,17+,19-/m0/s1. The third kappa shape index (κ3) is 6.36. The van der Waals surface area contributed by atoms with E-state index in [1.807, 2.05) is 4.90 Å². The number of hydrogen-bond donors (Lipinski definition) is 2. The number of fused-ring (bicyclic) bond motifs is 1. The Hall–Kier alpha value is -2.37. The van der Waals surface area contributed by atoms with Gasteiger partial charge in [0.2, 0.25) is 11.8 Å². The number of ether oxygens (including phenoxy) is 2. The van der Waals surface area contributed by atoms with E-state index in [0.29, 0.717) is 65.2 Å². The van der Waals surface area contributed by atoms with Crippen molar-refractivity contribution in [2.45, 2.75) is 50.3 Å². The van der Waals surface area contributed by atoms with Crippen LogP contribution in [0.2, 0.25) is 0 Å². The minimum absolute atomic E-state index is 0.00343. The van der Waals surface area contributed by atoms with Gasteiger partial charge in [-0.3, -0.25) is 14.5 Å². The minimum Gasteiger partial charge on any atom is -0.406 e. The van der Waals surface area contributed by atoms with Crippen LogP contribution in [-0.2, 0) is 20.9 Å². The van der Waals surface area contributed by atoms with Crippen LogP contribution in [0.25, 0.3) is 0 Å². The lowest BCUT2D eigenvalue weighted by molar-refractivity contribution is -0.274. The Labute approximate surface area is 190 Å². The fourth-order valence-electron chi connectivity index (χ4n) is 4.72. The van der Waals surface area contributed by atoms with Gasteiger partial charge < -0.3 is 25.0 Å². The quantitative estimate of drug-likeness (QED) is 0.625. The van der Waals surface area contributed by atoms with Gasteiger partial charge in [-0.1, -0.05) is 12.1 Å². The molecule has 0 aromatic heterocycles. The fourth-order valence-corrected chi connectivity index (χ4v) is 4.72. The van der Waals surface area contributed by atoms with Crippen molar-refractivity contribution in [2.75, 3.05) is 39.4 Å². The van der Waals surface area contributed by atoms with Crippen LogP contribution in [0, 0.1) is 0 Å². The normalized spacial score (nSPS) is 26.1. The van der Waals surface area contributed by atoms with Crippen LogP contribution < -0.4 is 15.4 Å². The Morgan fingerprint density at radius 1 is 1.21 bits per heavy atom. The molecule has 0 spiro atoms. The molecule has 2 N–H and O–H groups in total. The summed E-state index contributed by atoms with van der Waals surface area (Å²) < 4.78 is 46.1. The summed E-state index contributed by atoms with van der Waals surface area (Å²) in [5.41, 5.74) is 0.825. The summed E-state index contributed by atoms with van der Waals surface area (Å²) in [6.07, 6.45) is -2.94. The zero-order valence-electron chi connectivity index (χ0n) is 18.3. The van der Waals surface area contributed by atoms with Crippen molar-refractivity contribution in [2.24, 2.45) is 0 Å². The van der Waals surface area contributed by atoms with Gasteiger partial charge in [0.15, 0.2) is 0 Å². The van der Waals surface area contributed by atoms with Crippen molar-refractivity contribution in [1.82, 2.24) is 20.4 Å². The Morgan fingerprint density at radius 3 is 2.64 bits per heavy atom. The van der Waals surface area contributed by atoms with Gasteiger partial charge >= 0.3 is 6.36 Å². The summed E-state index contributed by atoms with van der Waals surface area (Å²) in [4.78, 5) is 28.9. The number of morpholine rings is 1. The minimum atomic E-state index is -4.71. The van der Waals surface area contributed by atoms with Crippen molar-refractivity contribution >= 4 is 11.8 Å². The predicted octanol–water partition coefficient (Wildman–Crippen LogP) is 1.26. The Kier molecular flexibility index (Phi) is 7.40. The van der Waals surface area contributed by atoms with Crippen LogP contribution in [0.5, 0.6) is 5.75 Å². The highest BCUT2D eigenvalue weighted by atomic mass is 19.4. The lowest BCUT2D eigenvalue weighted by Gasteiger charge is -2.37. The molecule has 0 bridgehead atoms. The number of carbonyl (C=O) groups excluding carboxylic acids is 2. The molecular formula is C22H29F3N4O4. The molecule has 4 rings (SSSR count). The first-order valence-corrected chi connectivity index (χ1v) is 11.3. The van der Waals surface area contributed by atoms with Gasteiger partial charge in [-0.15, -0.1) is 13.2 Å². The molecule has 1 aromatic rings. The van der Waals surface area contributed by atoms with E-state index in [-0.39, 0.29) is 35.7 Å². The van der Waals surface area contributed by atoms with Gasteiger partial charge in [-0.05, 0) is 30.5 Å². The first-order chi connectivity index (χ1) is 15.8. The Balaban J connectivity index is 1.27. The van der Waals surface area contributed by atoms with E-state index in [2.05, 4.69) is 20.3 Å². The maximum Gasteiger partial charge on any atom is 0.573 e. The maximum absolute atomic E-state index is 12.5. The van der Waals surface area contributed by atoms with Crippen LogP contribution in [0.3, 0.4) is 0 Å². The van der Waals surface area contributed by atoms with Gasteiger partial charge in [0.05, 0.1) is 19.3 Å². The molecule has 0 radical (unpaired) electrons. The van der Waals surface area contributed by atoms with Gasteiger partial charge in [0.25, 0.3) is 0 Å². The first-order valence-electron chi connectivity index (χ1n) is 11.3. The number of piperazine rings is 1. The van der Waals surface area contributed by atoms with Crippen LogP contribution >= 0.6 is 0 Å². The maximum atomic E-state index is 12.5. The summed E-state index contributed by atoms with van der Waals surface area (Å²) >= 11 is 0. The highest BCUT2D eigenvalue weighted by Gasteiger charge is 2.43. The number of alkyl halides is 3. The third-order valence-corrected chi connectivity index (χ3v) is 6.43. The van der Waals surface area contributed by atoms with Gasteiger partial charge in [-0.2, -0.15) is 0 Å². The average Bonchev–Trinajstić information content (AvgIpc) is 3.23. The highest BCUT2D eigenvalue weighted by Crippen LogP contribution is 2.27. The summed E-state index contributed by atoms with van der Waals surface area (Å²) in [6.45, 7) is 4.08. The number of hydrogen-bond acceptors (Lipinski definition) is 6.